The van der Waals surface area contributed by atoms with Crippen molar-refractivity contribution in [2.45, 2.75) is 12.1 Å². The van der Waals surface area contributed by atoms with Crippen LogP contribution in [0.3, 0.4) is 0 Å². The average Bonchev–Trinajstić information content (AvgIpc) is 2.42. The number of nitrogens with one attached hydrogen (secondary N) is 1. The van der Waals surface area contributed by atoms with Crippen LogP contribution in [0.15, 0.2) is 24.5 Å². The molecule has 2 unspecified atom stereocenters. The van der Waals surface area contributed by atoms with Crippen LogP contribution in [0.1, 0.15) is 11.6 Å². The highest BCUT2D eigenvalue weighted by atomic mass is 15.4. The van der Waals surface area contributed by atoms with Crippen LogP contribution in [0.4, 0.5) is 0 Å². The molecule has 2 bridgehead atoms. The number of hydrogen-bond donors (Lipinski definition) is 2. The molecule has 4 heterocycles. The van der Waals surface area contributed by atoms with E-state index in [1.807, 2.05) is 12.3 Å². The van der Waals surface area contributed by atoms with Crippen molar-refractivity contribution in [2.24, 2.45) is 5.84 Å². The summed E-state index contributed by atoms with van der Waals surface area (Å²) in [6, 6.07) is 4.70. The van der Waals surface area contributed by atoms with Gasteiger partial charge in [-0.25, -0.2) is 0 Å². The summed E-state index contributed by atoms with van der Waals surface area (Å²) in [7, 11) is 0. The van der Waals surface area contributed by atoms with Gasteiger partial charge in [0.05, 0.1) is 6.04 Å². The Morgan fingerprint density at radius 3 is 2.71 bits per heavy atom. The highest BCUT2D eigenvalue weighted by molar-refractivity contribution is 5.17. The molecular weight excluding hydrogens is 214 g/mol. The summed E-state index contributed by atoms with van der Waals surface area (Å²) >= 11 is 0. The molecule has 0 radical (unpaired) electrons. The molecule has 3 N–H and O–H groups in total. The first-order valence-electron chi connectivity index (χ1n) is 6.21. The number of hydrazine groups is 1. The summed E-state index contributed by atoms with van der Waals surface area (Å²) < 4.78 is 0. The van der Waals surface area contributed by atoms with Crippen LogP contribution in [0.5, 0.6) is 0 Å². The van der Waals surface area contributed by atoms with E-state index in [1.165, 1.54) is 18.7 Å². The molecule has 2 atom stereocenters. The molecule has 1 aromatic rings. The fourth-order valence-electron chi connectivity index (χ4n) is 2.96. The Balaban J connectivity index is 1.82. The van der Waals surface area contributed by atoms with Crippen LogP contribution < -0.4 is 11.3 Å². The van der Waals surface area contributed by atoms with E-state index in [0.717, 1.165) is 19.6 Å². The molecule has 1 aromatic heterocycles. The van der Waals surface area contributed by atoms with Gasteiger partial charge in [-0.1, -0.05) is 6.07 Å². The first-order valence-corrected chi connectivity index (χ1v) is 6.21. The van der Waals surface area contributed by atoms with Crippen molar-refractivity contribution in [3.8, 4) is 0 Å². The van der Waals surface area contributed by atoms with Crippen LogP contribution in [0.25, 0.3) is 0 Å². The molecule has 5 nitrogen and oxygen atoms in total. The Bertz CT molecular complexity index is 360. The monoisotopic (exact) mass is 233 g/mol. The quantitative estimate of drug-likeness (QED) is 0.549. The van der Waals surface area contributed by atoms with Gasteiger partial charge in [-0.2, -0.15) is 0 Å². The third kappa shape index (κ3) is 2.07. The highest BCUT2D eigenvalue weighted by Crippen LogP contribution is 2.26. The minimum atomic E-state index is 0.173. The van der Waals surface area contributed by atoms with E-state index in [1.54, 1.807) is 6.20 Å². The van der Waals surface area contributed by atoms with Gasteiger partial charge in [-0.15, -0.1) is 0 Å². The number of nitrogens with two attached hydrogens (primary N) is 1. The van der Waals surface area contributed by atoms with Crippen LogP contribution >= 0.6 is 0 Å². The lowest BCUT2D eigenvalue weighted by Gasteiger charge is -2.50. The number of fused-ring (bicyclic) bond motifs is 3. The fourth-order valence-corrected chi connectivity index (χ4v) is 2.96. The standard InChI is InChI=1S/C12H19N5/c13-15-12(10-2-1-3-14-8-10)11-9-16-4-6-17(11)7-5-16/h1-3,8,11-12,15H,4-7,9,13H2. The topological polar surface area (TPSA) is 57.4 Å². The SMILES string of the molecule is NNC(c1cccnc1)C1CN2CCN1CC2. The van der Waals surface area contributed by atoms with E-state index in [2.05, 4.69) is 26.3 Å². The van der Waals surface area contributed by atoms with Crippen molar-refractivity contribution in [2.75, 3.05) is 32.7 Å². The van der Waals surface area contributed by atoms with Crippen LogP contribution in [-0.2, 0) is 0 Å². The number of rotatable bonds is 3. The number of hydrogen-bond acceptors (Lipinski definition) is 5. The fraction of sp³-hybridized carbons (Fsp3) is 0.583. The summed E-state index contributed by atoms with van der Waals surface area (Å²) in [5, 5.41) is 0. The van der Waals surface area contributed by atoms with E-state index < -0.39 is 0 Å². The van der Waals surface area contributed by atoms with E-state index in [0.29, 0.717) is 6.04 Å². The van der Waals surface area contributed by atoms with E-state index in [-0.39, 0.29) is 6.04 Å². The lowest BCUT2D eigenvalue weighted by Crippen LogP contribution is -2.64. The smallest absolute Gasteiger partial charge is 0.0642 e. The van der Waals surface area contributed by atoms with Crippen molar-refractivity contribution in [3.63, 3.8) is 0 Å². The Labute approximate surface area is 102 Å². The maximum Gasteiger partial charge on any atom is 0.0642 e. The molecule has 17 heavy (non-hydrogen) atoms. The number of piperazine rings is 3. The molecule has 0 aliphatic carbocycles. The summed E-state index contributed by atoms with van der Waals surface area (Å²) in [5.41, 5.74) is 4.14. The molecule has 0 spiro atoms. The van der Waals surface area contributed by atoms with Crippen LogP contribution in [0, 0.1) is 0 Å². The van der Waals surface area contributed by atoms with Crippen molar-refractivity contribution in [1.29, 1.82) is 0 Å². The summed E-state index contributed by atoms with van der Waals surface area (Å²) in [6.07, 6.45) is 3.71. The number of nitrogens with zero attached hydrogens (tertiary/aromatic N) is 3. The third-order valence-electron chi connectivity index (χ3n) is 3.93. The second-order valence-corrected chi connectivity index (χ2v) is 4.83. The van der Waals surface area contributed by atoms with Crippen molar-refractivity contribution >= 4 is 0 Å². The first-order chi connectivity index (χ1) is 8.38. The Kier molecular flexibility index (Phi) is 3.07. The van der Waals surface area contributed by atoms with Gasteiger partial charge in [0.2, 0.25) is 0 Å². The van der Waals surface area contributed by atoms with Crippen LogP contribution in [-0.4, -0.2) is 53.5 Å². The van der Waals surface area contributed by atoms with Gasteiger partial charge in [0.15, 0.2) is 0 Å². The molecule has 0 aromatic carbocycles. The molecule has 0 amide bonds. The minimum absolute atomic E-state index is 0.173. The first kappa shape index (κ1) is 11.1. The van der Waals surface area contributed by atoms with Gasteiger partial charge in [0, 0.05) is 51.2 Å². The summed E-state index contributed by atoms with van der Waals surface area (Å²) in [5.74, 6) is 5.74. The van der Waals surface area contributed by atoms with Crippen molar-refractivity contribution in [1.82, 2.24) is 20.2 Å². The maximum absolute atomic E-state index is 5.74. The Morgan fingerprint density at radius 1 is 1.35 bits per heavy atom. The zero-order valence-corrected chi connectivity index (χ0v) is 9.92. The lowest BCUT2D eigenvalue weighted by atomic mass is 9.95. The Hall–Kier alpha value is -1.01. The molecular formula is C12H19N5. The second kappa shape index (κ2) is 4.70. The number of pyridine rings is 1. The molecule has 3 aliphatic rings. The van der Waals surface area contributed by atoms with Gasteiger partial charge in [0.25, 0.3) is 0 Å². The van der Waals surface area contributed by atoms with E-state index in [4.69, 9.17) is 5.84 Å². The predicted molar refractivity (Wildman–Crippen MR) is 66.1 cm³/mol. The lowest BCUT2D eigenvalue weighted by molar-refractivity contribution is -0.00374. The molecule has 92 valence electrons. The molecule has 5 heteroatoms. The minimum Gasteiger partial charge on any atom is -0.299 e. The maximum atomic E-state index is 5.74. The van der Waals surface area contributed by atoms with E-state index in [9.17, 15) is 0 Å². The van der Waals surface area contributed by atoms with Crippen LogP contribution in [0.2, 0.25) is 0 Å². The second-order valence-electron chi connectivity index (χ2n) is 4.83. The molecule has 4 rings (SSSR count). The van der Waals surface area contributed by atoms with Crippen molar-refractivity contribution in [3.05, 3.63) is 30.1 Å². The van der Waals surface area contributed by atoms with Gasteiger partial charge >= 0.3 is 0 Å². The van der Waals surface area contributed by atoms with Gasteiger partial charge in [-0.3, -0.25) is 26.1 Å². The molecule has 3 fully saturated rings. The third-order valence-corrected chi connectivity index (χ3v) is 3.93. The number of aromatic nitrogens is 1. The van der Waals surface area contributed by atoms with Gasteiger partial charge in [-0.05, 0) is 11.6 Å². The summed E-state index contributed by atoms with van der Waals surface area (Å²) in [4.78, 5) is 9.24. The van der Waals surface area contributed by atoms with Gasteiger partial charge < -0.3 is 0 Å². The molecule has 3 saturated heterocycles. The van der Waals surface area contributed by atoms with Gasteiger partial charge in [0.1, 0.15) is 0 Å². The van der Waals surface area contributed by atoms with Crippen molar-refractivity contribution < 1.29 is 0 Å². The largest absolute Gasteiger partial charge is 0.299 e. The molecule has 3 aliphatic heterocycles. The Morgan fingerprint density at radius 2 is 2.18 bits per heavy atom. The predicted octanol–water partition coefficient (Wildman–Crippen LogP) is -0.414. The highest BCUT2D eigenvalue weighted by Gasteiger charge is 2.36. The van der Waals surface area contributed by atoms with E-state index >= 15 is 0 Å². The molecule has 0 saturated carbocycles. The zero-order chi connectivity index (χ0) is 11.7. The zero-order valence-electron chi connectivity index (χ0n) is 9.92. The summed E-state index contributed by atoms with van der Waals surface area (Å²) in [6.45, 7) is 5.80. The average molecular weight is 233 g/mol. The normalized spacial score (nSPS) is 33.6.